The molecule has 180 valence electrons. The van der Waals surface area contributed by atoms with E-state index in [4.69, 9.17) is 30.5 Å². The van der Waals surface area contributed by atoms with E-state index < -0.39 is 24.1 Å². The molecule has 0 aliphatic carbocycles. The number of ether oxygens (including phenoxy) is 4. The fourth-order valence-electron chi connectivity index (χ4n) is 4.29. The topological polar surface area (TPSA) is 60.4 Å². The number of likely N-dealkylation sites (tertiary alicyclic amines) is 1. The number of halogens is 4. The molecule has 2 heterocycles. The molecule has 0 spiro atoms. The van der Waals surface area contributed by atoms with Gasteiger partial charge in [-0.25, -0.2) is 0 Å². The Morgan fingerprint density at radius 3 is 2.70 bits per heavy atom. The van der Waals surface area contributed by atoms with E-state index in [9.17, 15) is 18.3 Å². The fraction of sp³-hybridized carbons (Fsp3) is 0.478. The van der Waals surface area contributed by atoms with Gasteiger partial charge in [0.15, 0.2) is 17.6 Å². The van der Waals surface area contributed by atoms with Gasteiger partial charge in [0.2, 0.25) is 0 Å². The molecule has 0 bridgehead atoms. The van der Waals surface area contributed by atoms with Crippen LogP contribution in [0.1, 0.15) is 30.7 Å². The summed E-state index contributed by atoms with van der Waals surface area (Å²) in [4.78, 5) is 1.83. The molecule has 2 aromatic carbocycles. The van der Waals surface area contributed by atoms with Gasteiger partial charge in [0.25, 0.3) is 0 Å². The van der Waals surface area contributed by atoms with Crippen LogP contribution in [0.3, 0.4) is 0 Å². The summed E-state index contributed by atoms with van der Waals surface area (Å²) >= 11 is 6.18. The van der Waals surface area contributed by atoms with E-state index in [-0.39, 0.29) is 24.4 Å². The summed E-state index contributed by atoms with van der Waals surface area (Å²) in [6, 6.07) is 11.8. The highest BCUT2D eigenvalue weighted by Gasteiger charge is 2.51. The first-order valence-corrected chi connectivity index (χ1v) is 10.9. The van der Waals surface area contributed by atoms with Crippen molar-refractivity contribution in [2.75, 3.05) is 27.0 Å². The molecule has 4 atom stereocenters. The van der Waals surface area contributed by atoms with Crippen LogP contribution in [0.5, 0.6) is 11.5 Å². The first-order chi connectivity index (χ1) is 15.6. The van der Waals surface area contributed by atoms with Crippen molar-refractivity contribution in [1.82, 2.24) is 4.90 Å². The standard InChI is InChI=1S/C23H25ClF3NO5/c1-14(23(25,26)27)33-18-7-6-15(10-19(18)30-2)21(29)28-9-8-22(20(12-28)31-13-32-22)16-4-3-5-17(24)11-16/h3-7,10-11,14,20-21,29H,8-9,12-13H2,1-2H3/t14-,20+,21?,22+/m0/s1. The number of benzene rings is 2. The Morgan fingerprint density at radius 1 is 1.21 bits per heavy atom. The van der Waals surface area contributed by atoms with Gasteiger partial charge in [-0.05, 0) is 48.7 Å². The van der Waals surface area contributed by atoms with Crippen molar-refractivity contribution < 1.29 is 37.2 Å². The number of rotatable bonds is 6. The fourth-order valence-corrected chi connectivity index (χ4v) is 4.48. The lowest BCUT2D eigenvalue weighted by Crippen LogP contribution is -2.52. The van der Waals surface area contributed by atoms with E-state index in [1.54, 1.807) is 6.07 Å². The normalized spacial score (nSPS) is 25.4. The SMILES string of the molecule is COc1cc(C(O)N2CC[C@]3(c4cccc(Cl)c4)OCO[C@@H]3C2)ccc1O[C@@H](C)C(F)(F)F. The minimum absolute atomic E-state index is 0.0515. The van der Waals surface area contributed by atoms with E-state index in [1.807, 2.05) is 23.1 Å². The molecule has 0 radical (unpaired) electrons. The lowest BCUT2D eigenvalue weighted by molar-refractivity contribution is -0.189. The molecular formula is C23H25ClF3NO5. The van der Waals surface area contributed by atoms with Gasteiger partial charge in [-0.2, -0.15) is 13.2 Å². The van der Waals surface area contributed by atoms with Gasteiger partial charge in [0, 0.05) is 18.1 Å². The number of hydrogen-bond acceptors (Lipinski definition) is 6. The molecule has 1 unspecified atom stereocenters. The minimum atomic E-state index is -4.50. The maximum absolute atomic E-state index is 12.9. The molecule has 2 aliphatic rings. The van der Waals surface area contributed by atoms with Gasteiger partial charge < -0.3 is 24.1 Å². The average molecular weight is 488 g/mol. The minimum Gasteiger partial charge on any atom is -0.493 e. The van der Waals surface area contributed by atoms with E-state index in [2.05, 4.69) is 0 Å². The van der Waals surface area contributed by atoms with Crippen LogP contribution < -0.4 is 9.47 Å². The Balaban J connectivity index is 1.51. The predicted molar refractivity (Wildman–Crippen MR) is 114 cm³/mol. The maximum atomic E-state index is 12.9. The highest BCUT2D eigenvalue weighted by atomic mass is 35.5. The van der Waals surface area contributed by atoms with Crippen LogP contribution in [0.4, 0.5) is 13.2 Å². The third-order valence-electron chi connectivity index (χ3n) is 6.19. The number of piperidine rings is 1. The monoisotopic (exact) mass is 487 g/mol. The molecule has 0 amide bonds. The van der Waals surface area contributed by atoms with Crippen molar-refractivity contribution in [2.24, 2.45) is 0 Å². The van der Waals surface area contributed by atoms with Gasteiger partial charge in [-0.15, -0.1) is 0 Å². The molecule has 2 aliphatic heterocycles. The molecule has 1 N–H and O–H groups in total. The van der Waals surface area contributed by atoms with Gasteiger partial charge in [0.1, 0.15) is 24.7 Å². The molecule has 0 saturated carbocycles. The molecule has 33 heavy (non-hydrogen) atoms. The molecular weight excluding hydrogens is 463 g/mol. The summed E-state index contributed by atoms with van der Waals surface area (Å²) in [5.74, 6) is 0.0535. The lowest BCUT2D eigenvalue weighted by atomic mass is 9.82. The van der Waals surface area contributed by atoms with Crippen LogP contribution in [0.15, 0.2) is 42.5 Å². The number of hydrogen-bond donors (Lipinski definition) is 1. The smallest absolute Gasteiger partial charge is 0.425 e. The van der Waals surface area contributed by atoms with Crippen LogP contribution in [-0.4, -0.2) is 55.4 Å². The Kier molecular flexibility index (Phi) is 6.80. The third kappa shape index (κ3) is 4.79. The van der Waals surface area contributed by atoms with Crippen LogP contribution in [0, 0.1) is 0 Å². The second kappa shape index (κ2) is 9.31. The number of alkyl halides is 3. The molecule has 2 saturated heterocycles. The van der Waals surface area contributed by atoms with E-state index >= 15 is 0 Å². The third-order valence-corrected chi connectivity index (χ3v) is 6.42. The van der Waals surface area contributed by atoms with Gasteiger partial charge in [0.05, 0.1) is 7.11 Å². The van der Waals surface area contributed by atoms with Crippen molar-refractivity contribution in [3.8, 4) is 11.5 Å². The Hall–Kier alpha value is -2.04. The average Bonchev–Trinajstić information content (AvgIpc) is 3.22. The molecule has 10 heteroatoms. The van der Waals surface area contributed by atoms with Gasteiger partial charge in [-0.3, -0.25) is 4.90 Å². The summed E-state index contributed by atoms with van der Waals surface area (Å²) in [5, 5.41) is 11.6. The second-order valence-corrected chi connectivity index (χ2v) is 8.58. The lowest BCUT2D eigenvalue weighted by Gasteiger charge is -2.43. The van der Waals surface area contributed by atoms with Crippen LogP contribution in [-0.2, 0) is 15.1 Å². The van der Waals surface area contributed by atoms with Crippen LogP contribution in [0.2, 0.25) is 5.02 Å². The van der Waals surface area contributed by atoms with E-state index in [0.717, 1.165) is 12.5 Å². The zero-order valence-corrected chi connectivity index (χ0v) is 18.9. The van der Waals surface area contributed by atoms with Crippen molar-refractivity contribution in [3.05, 3.63) is 58.6 Å². The molecule has 2 aromatic rings. The molecule has 2 fully saturated rings. The summed E-state index contributed by atoms with van der Waals surface area (Å²) in [5.41, 5.74) is 0.742. The zero-order chi connectivity index (χ0) is 23.8. The van der Waals surface area contributed by atoms with Crippen molar-refractivity contribution in [1.29, 1.82) is 0 Å². The van der Waals surface area contributed by atoms with E-state index in [1.165, 1.54) is 25.3 Å². The van der Waals surface area contributed by atoms with Crippen molar-refractivity contribution in [2.45, 2.75) is 43.6 Å². The number of aliphatic hydroxyl groups excluding tert-OH is 1. The second-order valence-electron chi connectivity index (χ2n) is 8.15. The van der Waals surface area contributed by atoms with Crippen molar-refractivity contribution >= 4 is 11.6 Å². The number of aliphatic hydroxyl groups is 1. The zero-order valence-electron chi connectivity index (χ0n) is 18.1. The summed E-state index contributed by atoms with van der Waals surface area (Å²) in [6.07, 6.45) is -7.28. The van der Waals surface area contributed by atoms with Gasteiger partial charge in [-0.1, -0.05) is 29.8 Å². The number of fused-ring (bicyclic) bond motifs is 1. The van der Waals surface area contributed by atoms with Gasteiger partial charge >= 0.3 is 6.18 Å². The molecule has 4 rings (SSSR count). The first-order valence-electron chi connectivity index (χ1n) is 10.5. The largest absolute Gasteiger partial charge is 0.493 e. The van der Waals surface area contributed by atoms with Crippen LogP contribution >= 0.6 is 11.6 Å². The van der Waals surface area contributed by atoms with Crippen LogP contribution in [0.25, 0.3) is 0 Å². The summed E-state index contributed by atoms with van der Waals surface area (Å²) < 4.78 is 60.7. The number of methoxy groups -OCH3 is 1. The maximum Gasteiger partial charge on any atom is 0.425 e. The Bertz CT molecular complexity index is 991. The highest BCUT2D eigenvalue weighted by Crippen LogP contribution is 2.44. The predicted octanol–water partition coefficient (Wildman–Crippen LogP) is 4.64. The molecule has 6 nitrogen and oxygen atoms in total. The molecule has 0 aromatic heterocycles. The summed E-state index contributed by atoms with van der Waals surface area (Å²) in [6.45, 7) is 1.95. The van der Waals surface area contributed by atoms with Crippen molar-refractivity contribution in [3.63, 3.8) is 0 Å². The summed E-state index contributed by atoms with van der Waals surface area (Å²) in [7, 11) is 1.33. The van der Waals surface area contributed by atoms with E-state index in [0.29, 0.717) is 30.1 Å². The first kappa shape index (κ1) is 24.1. The number of nitrogens with zero attached hydrogens (tertiary/aromatic N) is 1. The highest BCUT2D eigenvalue weighted by molar-refractivity contribution is 6.30. The quantitative estimate of drug-likeness (QED) is 0.640. The Morgan fingerprint density at radius 2 is 2.00 bits per heavy atom. The Labute approximate surface area is 194 Å².